The van der Waals surface area contributed by atoms with Crippen molar-refractivity contribution in [1.29, 1.82) is 0 Å². The Labute approximate surface area is 143 Å². The molecule has 1 heterocycles. The molecule has 0 radical (unpaired) electrons. The molecule has 0 saturated carbocycles. The van der Waals surface area contributed by atoms with E-state index in [9.17, 15) is 43.6 Å². The molecule has 11 nitrogen and oxygen atoms in total. The standard InChI is InChI=1S/C11H22O11SSe/c12-1-5(14)10(18)11(22-23(19,20)21)7(16)4-24-3-6(15)9(17)8(24)2-13/h5-18H,1-4H2/t5-,6+,7+,8+,9-,10-,11-,24?/m1/s1. The van der Waals surface area contributed by atoms with Gasteiger partial charge >= 0.3 is 142 Å². The summed E-state index contributed by atoms with van der Waals surface area (Å²) in [5.41, 5.74) is 0. The van der Waals surface area contributed by atoms with Crippen molar-refractivity contribution in [2.75, 3.05) is 13.2 Å². The van der Waals surface area contributed by atoms with Crippen LogP contribution in [0.5, 0.6) is 0 Å². The van der Waals surface area contributed by atoms with Crippen LogP contribution in [0.2, 0.25) is 15.5 Å². The minimum absolute atomic E-state index is 0.110. The van der Waals surface area contributed by atoms with E-state index in [0.717, 1.165) is 0 Å². The Morgan fingerprint density at radius 3 is 2.21 bits per heavy atom. The Morgan fingerprint density at radius 1 is 1.17 bits per heavy atom. The van der Waals surface area contributed by atoms with Gasteiger partial charge in [0.1, 0.15) is 0 Å². The number of aliphatic hydroxyl groups excluding tert-OH is 7. The van der Waals surface area contributed by atoms with Gasteiger partial charge in [0.2, 0.25) is 0 Å². The van der Waals surface area contributed by atoms with Gasteiger partial charge in [0, 0.05) is 0 Å². The first-order valence-corrected chi connectivity index (χ1v) is 11.7. The van der Waals surface area contributed by atoms with Gasteiger partial charge in [-0.1, -0.05) is 0 Å². The third-order valence-electron chi connectivity index (χ3n) is 3.68. The zero-order valence-electron chi connectivity index (χ0n) is 12.4. The molecule has 1 unspecified atom stereocenters. The van der Waals surface area contributed by atoms with Crippen LogP contribution in [-0.2, 0) is 14.6 Å². The Balaban J connectivity index is 2.89. The van der Waals surface area contributed by atoms with E-state index < -0.39 is 79.0 Å². The molecule has 0 bridgehead atoms. The molecule has 8 atom stereocenters. The molecule has 1 aliphatic heterocycles. The number of hydrogen-bond acceptors (Lipinski definition) is 11. The van der Waals surface area contributed by atoms with E-state index in [1.807, 2.05) is 0 Å². The van der Waals surface area contributed by atoms with Gasteiger partial charge in [-0.25, -0.2) is 0 Å². The van der Waals surface area contributed by atoms with Gasteiger partial charge in [-0.15, -0.1) is 0 Å². The quantitative estimate of drug-likeness (QED) is 0.103. The van der Waals surface area contributed by atoms with E-state index in [1.54, 1.807) is 0 Å². The monoisotopic (exact) mass is 442 g/mol. The Bertz CT molecular complexity index is 488. The molecule has 1 rings (SSSR count). The van der Waals surface area contributed by atoms with Crippen LogP contribution in [0, 0.1) is 0 Å². The van der Waals surface area contributed by atoms with Crippen LogP contribution in [0.4, 0.5) is 0 Å². The first kappa shape index (κ1) is 22.2. The van der Waals surface area contributed by atoms with Crippen molar-refractivity contribution < 1.29 is 52.9 Å². The average Bonchev–Trinajstić information content (AvgIpc) is 2.76. The SMILES string of the molecule is O=S(=O)([O-])O[C@@H]([C@H](O)[C@H](O)CO)[C@@H](O)C[Se+]1C[C@H](O)[C@@H](O)[C@@H]1CO. The van der Waals surface area contributed by atoms with Crippen LogP contribution in [0.15, 0.2) is 0 Å². The second-order valence-corrected chi connectivity index (χ2v) is 11.4. The summed E-state index contributed by atoms with van der Waals surface area (Å²) in [7, 11) is -5.33. The van der Waals surface area contributed by atoms with Crippen LogP contribution < -0.4 is 0 Å². The maximum absolute atomic E-state index is 10.8. The second-order valence-electron chi connectivity index (χ2n) is 5.43. The van der Waals surface area contributed by atoms with Crippen molar-refractivity contribution in [3.05, 3.63) is 0 Å². The van der Waals surface area contributed by atoms with Gasteiger partial charge in [-0.3, -0.25) is 0 Å². The summed E-state index contributed by atoms with van der Waals surface area (Å²) < 4.78 is 36.4. The van der Waals surface area contributed by atoms with Crippen LogP contribution in [0.1, 0.15) is 0 Å². The summed E-state index contributed by atoms with van der Waals surface area (Å²) in [6.07, 6.45) is -9.99. The van der Waals surface area contributed by atoms with Gasteiger partial charge in [0.05, 0.1) is 0 Å². The molecule has 1 fully saturated rings. The predicted molar refractivity (Wildman–Crippen MR) is 77.9 cm³/mol. The van der Waals surface area contributed by atoms with Crippen molar-refractivity contribution in [3.8, 4) is 0 Å². The molecule has 0 amide bonds. The number of hydrogen-bond donors (Lipinski definition) is 7. The van der Waals surface area contributed by atoms with E-state index in [0.29, 0.717) is 0 Å². The van der Waals surface area contributed by atoms with E-state index in [2.05, 4.69) is 4.18 Å². The summed E-state index contributed by atoms with van der Waals surface area (Å²) in [6.45, 7) is -1.42. The summed E-state index contributed by atoms with van der Waals surface area (Å²) in [4.78, 5) is -0.681. The molecular weight excluding hydrogens is 419 g/mol. The fourth-order valence-corrected chi connectivity index (χ4v) is 8.56. The van der Waals surface area contributed by atoms with Gasteiger partial charge in [0.15, 0.2) is 0 Å². The van der Waals surface area contributed by atoms with Crippen molar-refractivity contribution in [3.63, 3.8) is 0 Å². The molecule has 0 aromatic carbocycles. The summed E-state index contributed by atoms with van der Waals surface area (Å²) in [5.74, 6) is 0. The summed E-state index contributed by atoms with van der Waals surface area (Å²) in [5, 5.41) is 66.7. The Kier molecular flexibility index (Phi) is 8.46. The van der Waals surface area contributed by atoms with Gasteiger partial charge < -0.3 is 0 Å². The zero-order valence-corrected chi connectivity index (χ0v) is 15.0. The van der Waals surface area contributed by atoms with Crippen LogP contribution in [0.25, 0.3) is 0 Å². The van der Waals surface area contributed by atoms with Crippen molar-refractivity contribution >= 4 is 24.3 Å². The molecule has 1 saturated heterocycles. The van der Waals surface area contributed by atoms with E-state index in [-0.39, 0.29) is 10.6 Å². The Morgan fingerprint density at radius 2 is 1.75 bits per heavy atom. The van der Waals surface area contributed by atoms with Crippen molar-refractivity contribution in [2.45, 2.75) is 52.1 Å². The van der Waals surface area contributed by atoms with Crippen molar-refractivity contribution in [1.82, 2.24) is 0 Å². The van der Waals surface area contributed by atoms with Crippen LogP contribution >= 0.6 is 0 Å². The summed E-state index contributed by atoms with van der Waals surface area (Å²) >= 11 is -2.05. The van der Waals surface area contributed by atoms with Gasteiger partial charge in [0.25, 0.3) is 0 Å². The molecule has 0 aromatic rings. The Hall–Kier alpha value is 0.109. The first-order valence-electron chi connectivity index (χ1n) is 6.94. The summed E-state index contributed by atoms with van der Waals surface area (Å²) in [6, 6.07) is 0. The second kappa shape index (κ2) is 9.16. The van der Waals surface area contributed by atoms with E-state index in [4.69, 9.17) is 5.11 Å². The van der Waals surface area contributed by atoms with E-state index >= 15 is 0 Å². The van der Waals surface area contributed by atoms with E-state index in [1.165, 1.54) is 0 Å². The third kappa shape index (κ3) is 5.83. The maximum atomic E-state index is 10.8. The molecule has 0 aliphatic carbocycles. The topological polar surface area (TPSA) is 208 Å². The number of rotatable bonds is 9. The van der Waals surface area contributed by atoms with Crippen LogP contribution in [-0.4, -0.2) is 112 Å². The molecule has 144 valence electrons. The predicted octanol–water partition coefficient (Wildman–Crippen LogP) is -4.50. The zero-order chi connectivity index (χ0) is 18.7. The first-order chi connectivity index (χ1) is 11.0. The normalized spacial score (nSPS) is 33.2. The van der Waals surface area contributed by atoms with Crippen molar-refractivity contribution in [2.24, 2.45) is 0 Å². The number of aliphatic hydroxyl groups is 7. The molecule has 7 N–H and O–H groups in total. The molecule has 24 heavy (non-hydrogen) atoms. The fraction of sp³-hybridized carbons (Fsp3) is 1.00. The minimum atomic E-state index is -5.33. The van der Waals surface area contributed by atoms with Gasteiger partial charge in [-0.2, -0.15) is 0 Å². The molecule has 13 heteroatoms. The van der Waals surface area contributed by atoms with Gasteiger partial charge in [-0.05, 0) is 0 Å². The molecule has 1 aliphatic rings. The third-order valence-corrected chi connectivity index (χ3v) is 10.1. The van der Waals surface area contributed by atoms with Crippen LogP contribution in [0.3, 0.4) is 0 Å². The molecular formula is C11H22O11SSe. The average molecular weight is 441 g/mol. The molecule has 0 spiro atoms. The molecule has 0 aromatic heterocycles. The fourth-order valence-electron chi connectivity index (χ4n) is 2.42.